The summed E-state index contributed by atoms with van der Waals surface area (Å²) in [4.78, 5) is 4.73. The Bertz CT molecular complexity index is 778. The van der Waals surface area contributed by atoms with Gasteiger partial charge in [0.25, 0.3) is 0 Å². The molecule has 0 atom stereocenters. The smallest absolute Gasteiger partial charge is 0.119 e. The summed E-state index contributed by atoms with van der Waals surface area (Å²) in [5.74, 6) is 1.94. The second-order valence-corrected chi connectivity index (χ2v) is 5.92. The van der Waals surface area contributed by atoms with Gasteiger partial charge in [0.15, 0.2) is 0 Å². The third-order valence-electron chi connectivity index (χ3n) is 4.03. The van der Waals surface area contributed by atoms with Crippen LogP contribution >= 0.6 is 0 Å². The van der Waals surface area contributed by atoms with Crippen LogP contribution in [-0.4, -0.2) is 27.9 Å². The van der Waals surface area contributed by atoms with Crippen molar-refractivity contribution in [1.29, 1.82) is 0 Å². The highest BCUT2D eigenvalue weighted by Gasteiger charge is 2.10. The van der Waals surface area contributed by atoms with Gasteiger partial charge in [0, 0.05) is 19.6 Å². The van der Waals surface area contributed by atoms with Crippen LogP contribution in [0.25, 0.3) is 11.0 Å². The van der Waals surface area contributed by atoms with Gasteiger partial charge in [-0.25, -0.2) is 4.98 Å². The highest BCUT2D eigenvalue weighted by molar-refractivity contribution is 5.76. The first-order chi connectivity index (χ1) is 11.8. The summed E-state index contributed by atoms with van der Waals surface area (Å²) in [5, 5.41) is 9.13. The van der Waals surface area contributed by atoms with Gasteiger partial charge in [0.05, 0.1) is 17.6 Å². The number of nitrogens with zero attached hydrogens (tertiary/aromatic N) is 2. The van der Waals surface area contributed by atoms with Crippen LogP contribution in [0.3, 0.4) is 0 Å². The number of para-hydroxylation sites is 2. The molecular formula is C20H24N2O2. The number of aliphatic hydroxyl groups is 1. The number of ether oxygens (including phenoxy) is 1. The predicted molar refractivity (Wildman–Crippen MR) is 96.5 cm³/mol. The molecule has 4 heteroatoms. The van der Waals surface area contributed by atoms with Crippen molar-refractivity contribution in [3.8, 4) is 5.75 Å². The van der Waals surface area contributed by atoms with Crippen molar-refractivity contribution < 1.29 is 9.84 Å². The first-order valence-electron chi connectivity index (χ1n) is 8.58. The van der Waals surface area contributed by atoms with Crippen LogP contribution in [0.5, 0.6) is 5.75 Å². The molecule has 3 rings (SSSR count). The van der Waals surface area contributed by atoms with E-state index in [1.807, 2.05) is 30.3 Å². The van der Waals surface area contributed by atoms with Crippen LogP contribution in [0.15, 0.2) is 48.5 Å². The van der Waals surface area contributed by atoms with E-state index in [9.17, 15) is 0 Å². The number of rotatable bonds is 8. The molecule has 2 aromatic carbocycles. The molecule has 4 nitrogen and oxygen atoms in total. The molecule has 0 fully saturated rings. The maximum atomic E-state index is 9.13. The predicted octanol–water partition coefficient (Wildman–Crippen LogP) is 3.80. The fourth-order valence-electron chi connectivity index (χ4n) is 2.82. The van der Waals surface area contributed by atoms with Crippen molar-refractivity contribution in [2.75, 3.05) is 13.2 Å². The van der Waals surface area contributed by atoms with Gasteiger partial charge in [-0.05, 0) is 42.7 Å². The Hall–Kier alpha value is -2.33. The Balaban J connectivity index is 1.85. The number of hydrogen-bond acceptors (Lipinski definition) is 3. The van der Waals surface area contributed by atoms with Gasteiger partial charge in [-0.15, -0.1) is 0 Å². The molecule has 0 saturated carbocycles. The minimum absolute atomic E-state index is 0.187. The topological polar surface area (TPSA) is 47.3 Å². The zero-order valence-electron chi connectivity index (χ0n) is 14.1. The monoisotopic (exact) mass is 324 g/mol. The van der Waals surface area contributed by atoms with E-state index in [4.69, 9.17) is 14.8 Å². The Morgan fingerprint density at radius 2 is 1.88 bits per heavy atom. The number of fused-ring (bicyclic) bond motifs is 1. The van der Waals surface area contributed by atoms with Crippen LogP contribution in [0, 0.1) is 0 Å². The molecule has 0 bridgehead atoms. The zero-order chi connectivity index (χ0) is 16.8. The third-order valence-corrected chi connectivity index (χ3v) is 4.03. The fourth-order valence-corrected chi connectivity index (χ4v) is 2.82. The molecule has 3 aromatic rings. The molecule has 24 heavy (non-hydrogen) atoms. The van der Waals surface area contributed by atoms with Gasteiger partial charge in [-0.1, -0.05) is 31.2 Å². The highest BCUT2D eigenvalue weighted by Crippen LogP contribution is 2.20. The molecule has 0 spiro atoms. The summed E-state index contributed by atoms with van der Waals surface area (Å²) in [6, 6.07) is 16.5. The maximum absolute atomic E-state index is 9.13. The molecule has 0 aliphatic rings. The SMILES string of the molecule is CCCOc1ccc(Cn2c(CCCO)nc3ccccc32)cc1. The highest BCUT2D eigenvalue weighted by atomic mass is 16.5. The number of aliphatic hydroxyl groups excluding tert-OH is 1. The minimum atomic E-state index is 0.187. The van der Waals surface area contributed by atoms with Crippen LogP contribution in [0.2, 0.25) is 0 Å². The van der Waals surface area contributed by atoms with Crippen LogP contribution in [-0.2, 0) is 13.0 Å². The quantitative estimate of drug-likeness (QED) is 0.685. The summed E-state index contributed by atoms with van der Waals surface area (Å²) >= 11 is 0. The van der Waals surface area contributed by atoms with E-state index in [-0.39, 0.29) is 6.61 Å². The second kappa shape index (κ2) is 7.97. The maximum Gasteiger partial charge on any atom is 0.119 e. The van der Waals surface area contributed by atoms with Crippen molar-refractivity contribution in [2.45, 2.75) is 32.7 Å². The van der Waals surface area contributed by atoms with Crippen LogP contribution in [0.4, 0.5) is 0 Å². The lowest BCUT2D eigenvalue weighted by Gasteiger charge is -2.10. The molecular weight excluding hydrogens is 300 g/mol. The van der Waals surface area contributed by atoms with Gasteiger partial charge in [-0.3, -0.25) is 0 Å². The number of imidazole rings is 1. The molecule has 1 heterocycles. The summed E-state index contributed by atoms with van der Waals surface area (Å²) in [7, 11) is 0. The van der Waals surface area contributed by atoms with E-state index in [2.05, 4.69) is 29.7 Å². The average Bonchev–Trinajstić information content (AvgIpc) is 2.97. The second-order valence-electron chi connectivity index (χ2n) is 5.92. The molecule has 126 valence electrons. The normalized spacial score (nSPS) is 11.1. The summed E-state index contributed by atoms with van der Waals surface area (Å²) < 4.78 is 7.89. The average molecular weight is 324 g/mol. The van der Waals surface area contributed by atoms with E-state index in [1.165, 1.54) is 5.56 Å². The summed E-state index contributed by atoms with van der Waals surface area (Å²) in [6.07, 6.45) is 2.52. The lowest BCUT2D eigenvalue weighted by Crippen LogP contribution is -2.06. The van der Waals surface area contributed by atoms with Crippen molar-refractivity contribution >= 4 is 11.0 Å². The molecule has 0 amide bonds. The van der Waals surface area contributed by atoms with Crippen LogP contribution in [0.1, 0.15) is 31.2 Å². The van der Waals surface area contributed by atoms with Gasteiger partial charge in [-0.2, -0.15) is 0 Å². The molecule has 0 aliphatic carbocycles. The lowest BCUT2D eigenvalue weighted by atomic mass is 10.2. The first kappa shape index (κ1) is 16.5. The van der Waals surface area contributed by atoms with E-state index in [1.54, 1.807) is 0 Å². The van der Waals surface area contributed by atoms with E-state index < -0.39 is 0 Å². The Morgan fingerprint density at radius 1 is 1.08 bits per heavy atom. The van der Waals surface area contributed by atoms with E-state index >= 15 is 0 Å². The lowest BCUT2D eigenvalue weighted by molar-refractivity contribution is 0.287. The Morgan fingerprint density at radius 3 is 2.62 bits per heavy atom. The standard InChI is InChI=1S/C20H24N2O2/c1-2-14-24-17-11-9-16(10-12-17)15-22-19-7-4-3-6-18(19)21-20(22)8-5-13-23/h3-4,6-7,9-12,23H,2,5,8,13-15H2,1H3. The van der Waals surface area contributed by atoms with Crippen molar-refractivity contribution in [2.24, 2.45) is 0 Å². The Labute approximate surface area is 142 Å². The fraction of sp³-hybridized carbons (Fsp3) is 0.350. The van der Waals surface area contributed by atoms with Crippen molar-refractivity contribution in [3.05, 3.63) is 59.9 Å². The largest absolute Gasteiger partial charge is 0.494 e. The first-order valence-corrected chi connectivity index (χ1v) is 8.58. The Kier molecular flexibility index (Phi) is 5.49. The van der Waals surface area contributed by atoms with Gasteiger partial charge < -0.3 is 14.4 Å². The number of aromatic nitrogens is 2. The van der Waals surface area contributed by atoms with Gasteiger partial charge >= 0.3 is 0 Å². The summed E-state index contributed by atoms with van der Waals surface area (Å²) in [5.41, 5.74) is 3.36. The molecule has 0 aliphatic heterocycles. The van der Waals surface area contributed by atoms with Gasteiger partial charge in [0.1, 0.15) is 11.6 Å². The zero-order valence-corrected chi connectivity index (χ0v) is 14.1. The van der Waals surface area contributed by atoms with E-state index in [0.29, 0.717) is 0 Å². The molecule has 1 aromatic heterocycles. The number of benzene rings is 2. The molecule has 0 unspecified atom stereocenters. The van der Waals surface area contributed by atoms with Crippen LogP contribution < -0.4 is 4.74 Å². The molecule has 0 saturated heterocycles. The van der Waals surface area contributed by atoms with Crippen molar-refractivity contribution in [1.82, 2.24) is 9.55 Å². The number of aryl methyl sites for hydroxylation is 1. The molecule has 1 N–H and O–H groups in total. The van der Waals surface area contributed by atoms with Gasteiger partial charge in [0.2, 0.25) is 0 Å². The minimum Gasteiger partial charge on any atom is -0.494 e. The number of hydrogen-bond donors (Lipinski definition) is 1. The summed E-state index contributed by atoms with van der Waals surface area (Å²) in [6.45, 7) is 3.81. The van der Waals surface area contributed by atoms with E-state index in [0.717, 1.165) is 55.0 Å². The third kappa shape index (κ3) is 3.77. The molecule has 0 radical (unpaired) electrons. The van der Waals surface area contributed by atoms with Crippen molar-refractivity contribution in [3.63, 3.8) is 0 Å².